The average Bonchev–Trinajstić information content (AvgIpc) is 2.46. The molecule has 2 rings (SSSR count). The summed E-state index contributed by atoms with van der Waals surface area (Å²) in [7, 11) is 4.04. The molecule has 116 valence electrons. The van der Waals surface area contributed by atoms with Gasteiger partial charge in [-0.05, 0) is 59.0 Å². The van der Waals surface area contributed by atoms with Crippen LogP contribution in [0.2, 0.25) is 0 Å². The normalized spacial score (nSPS) is 17.0. The monoisotopic (exact) mass is 290 g/mol. The van der Waals surface area contributed by atoms with Crippen molar-refractivity contribution in [2.45, 2.75) is 38.8 Å². The van der Waals surface area contributed by atoms with E-state index in [1.165, 1.54) is 0 Å². The standard InChI is InChI=1S/C16H26N4O/c1-12(2)18-15-11-13(5-8-17-15)16(21)20(4)14-6-9-19(3)10-7-14/h5,8,11-12,14H,6-7,9-10H2,1-4H3,(H,17,18). The maximum absolute atomic E-state index is 12.6. The number of likely N-dealkylation sites (tertiary alicyclic amines) is 1. The molecule has 1 aliphatic heterocycles. The molecule has 21 heavy (non-hydrogen) atoms. The van der Waals surface area contributed by atoms with Crippen molar-refractivity contribution in [2.75, 3.05) is 32.5 Å². The summed E-state index contributed by atoms with van der Waals surface area (Å²) in [6.07, 6.45) is 3.78. The van der Waals surface area contributed by atoms with E-state index in [0.717, 1.165) is 31.7 Å². The van der Waals surface area contributed by atoms with Crippen LogP contribution in [0.5, 0.6) is 0 Å². The third-order valence-corrected chi connectivity index (χ3v) is 4.00. The van der Waals surface area contributed by atoms with Gasteiger partial charge < -0.3 is 15.1 Å². The van der Waals surface area contributed by atoms with Crippen LogP contribution in [-0.2, 0) is 0 Å². The quantitative estimate of drug-likeness (QED) is 0.922. The van der Waals surface area contributed by atoms with Crippen LogP contribution in [0.1, 0.15) is 37.0 Å². The minimum Gasteiger partial charge on any atom is -0.368 e. The largest absolute Gasteiger partial charge is 0.368 e. The first-order chi connectivity index (χ1) is 9.97. The second kappa shape index (κ2) is 6.89. The van der Waals surface area contributed by atoms with Crippen molar-refractivity contribution in [1.29, 1.82) is 0 Å². The smallest absolute Gasteiger partial charge is 0.254 e. The lowest BCUT2D eigenvalue weighted by atomic mass is 10.0. The number of pyridine rings is 1. The summed E-state index contributed by atoms with van der Waals surface area (Å²) >= 11 is 0. The van der Waals surface area contributed by atoms with Crippen molar-refractivity contribution in [3.8, 4) is 0 Å². The third kappa shape index (κ3) is 4.17. The number of aromatic nitrogens is 1. The number of rotatable bonds is 4. The maximum atomic E-state index is 12.6. The van der Waals surface area contributed by atoms with E-state index in [1.54, 1.807) is 12.3 Å². The molecule has 0 radical (unpaired) electrons. The molecule has 0 atom stereocenters. The summed E-state index contributed by atoms with van der Waals surface area (Å²) in [5.74, 6) is 0.839. The van der Waals surface area contributed by atoms with Crippen LogP contribution in [-0.4, -0.2) is 60.0 Å². The maximum Gasteiger partial charge on any atom is 0.254 e. The summed E-state index contributed by atoms with van der Waals surface area (Å²) in [6, 6.07) is 4.27. The van der Waals surface area contributed by atoms with Gasteiger partial charge in [-0.2, -0.15) is 0 Å². The number of carbonyl (C=O) groups is 1. The van der Waals surface area contributed by atoms with Gasteiger partial charge in [-0.15, -0.1) is 0 Å². The lowest BCUT2D eigenvalue weighted by molar-refractivity contribution is 0.0659. The SMILES string of the molecule is CC(C)Nc1cc(C(=O)N(C)C2CCN(C)CC2)ccn1. The Bertz CT molecular complexity index is 481. The first kappa shape index (κ1) is 15.8. The van der Waals surface area contributed by atoms with Crippen molar-refractivity contribution >= 4 is 11.7 Å². The van der Waals surface area contributed by atoms with E-state index in [4.69, 9.17) is 0 Å². The minimum absolute atomic E-state index is 0.0822. The van der Waals surface area contributed by atoms with Gasteiger partial charge in [0.25, 0.3) is 5.91 Å². The summed E-state index contributed by atoms with van der Waals surface area (Å²) in [5, 5.41) is 3.24. The van der Waals surface area contributed by atoms with Crippen LogP contribution in [0.15, 0.2) is 18.3 Å². The molecule has 0 bridgehead atoms. The minimum atomic E-state index is 0.0822. The predicted octanol–water partition coefficient (Wildman–Crippen LogP) is 2.07. The Balaban J connectivity index is 2.05. The molecule has 1 aliphatic rings. The van der Waals surface area contributed by atoms with Crippen LogP contribution in [0.25, 0.3) is 0 Å². The number of hydrogen-bond acceptors (Lipinski definition) is 4. The highest BCUT2D eigenvalue weighted by Crippen LogP contribution is 2.17. The number of carbonyl (C=O) groups excluding carboxylic acids is 1. The van der Waals surface area contributed by atoms with Crippen LogP contribution >= 0.6 is 0 Å². The summed E-state index contributed by atoms with van der Waals surface area (Å²) in [5.41, 5.74) is 0.703. The molecule has 2 heterocycles. The predicted molar refractivity (Wildman–Crippen MR) is 85.6 cm³/mol. The van der Waals surface area contributed by atoms with E-state index in [0.29, 0.717) is 17.6 Å². The van der Waals surface area contributed by atoms with Gasteiger partial charge in [-0.25, -0.2) is 4.98 Å². The summed E-state index contributed by atoms with van der Waals surface area (Å²) < 4.78 is 0. The average molecular weight is 290 g/mol. The Morgan fingerprint density at radius 1 is 1.43 bits per heavy atom. The molecule has 0 spiro atoms. The van der Waals surface area contributed by atoms with Crippen LogP contribution < -0.4 is 5.32 Å². The van der Waals surface area contributed by atoms with E-state index in [9.17, 15) is 4.79 Å². The number of amides is 1. The topological polar surface area (TPSA) is 48.5 Å². The Morgan fingerprint density at radius 3 is 2.71 bits per heavy atom. The molecule has 1 aromatic heterocycles. The molecule has 1 N–H and O–H groups in total. The molecule has 5 heteroatoms. The molecule has 0 saturated carbocycles. The Morgan fingerprint density at radius 2 is 2.10 bits per heavy atom. The number of anilines is 1. The van der Waals surface area contributed by atoms with Gasteiger partial charge in [0.1, 0.15) is 5.82 Å². The molecule has 0 aliphatic carbocycles. The van der Waals surface area contributed by atoms with Crippen molar-refractivity contribution < 1.29 is 4.79 Å². The van der Waals surface area contributed by atoms with E-state index >= 15 is 0 Å². The van der Waals surface area contributed by atoms with E-state index in [-0.39, 0.29) is 5.91 Å². The second-order valence-electron chi connectivity index (χ2n) is 6.18. The van der Waals surface area contributed by atoms with Gasteiger partial charge in [-0.1, -0.05) is 0 Å². The van der Waals surface area contributed by atoms with Gasteiger partial charge >= 0.3 is 0 Å². The Labute approximate surface area is 127 Å². The fraction of sp³-hybridized carbons (Fsp3) is 0.625. The van der Waals surface area contributed by atoms with E-state index < -0.39 is 0 Å². The molecular formula is C16H26N4O. The van der Waals surface area contributed by atoms with Crippen LogP contribution in [0.3, 0.4) is 0 Å². The zero-order valence-corrected chi connectivity index (χ0v) is 13.5. The van der Waals surface area contributed by atoms with Gasteiger partial charge in [0, 0.05) is 30.9 Å². The Hall–Kier alpha value is -1.62. The number of nitrogens with zero attached hydrogens (tertiary/aromatic N) is 3. The first-order valence-corrected chi connectivity index (χ1v) is 7.65. The van der Waals surface area contributed by atoms with Gasteiger partial charge in [0.2, 0.25) is 0 Å². The van der Waals surface area contributed by atoms with Crippen molar-refractivity contribution in [3.63, 3.8) is 0 Å². The number of nitrogens with one attached hydrogen (secondary N) is 1. The molecular weight excluding hydrogens is 264 g/mol. The van der Waals surface area contributed by atoms with E-state index in [1.807, 2.05) is 18.0 Å². The van der Waals surface area contributed by atoms with Crippen molar-refractivity contribution in [3.05, 3.63) is 23.9 Å². The van der Waals surface area contributed by atoms with Gasteiger partial charge in [0.15, 0.2) is 0 Å². The highest BCUT2D eigenvalue weighted by Gasteiger charge is 2.24. The van der Waals surface area contributed by atoms with Gasteiger partial charge in [-0.3, -0.25) is 4.79 Å². The Kier molecular flexibility index (Phi) is 5.17. The molecule has 1 saturated heterocycles. The number of hydrogen-bond donors (Lipinski definition) is 1. The molecule has 1 amide bonds. The zero-order chi connectivity index (χ0) is 15.4. The summed E-state index contributed by atoms with van der Waals surface area (Å²) in [6.45, 7) is 6.22. The highest BCUT2D eigenvalue weighted by atomic mass is 16.2. The fourth-order valence-corrected chi connectivity index (χ4v) is 2.69. The lowest BCUT2D eigenvalue weighted by Crippen LogP contribution is -2.44. The summed E-state index contributed by atoms with van der Waals surface area (Å²) in [4.78, 5) is 21.1. The van der Waals surface area contributed by atoms with Crippen LogP contribution in [0, 0.1) is 0 Å². The van der Waals surface area contributed by atoms with Crippen molar-refractivity contribution in [1.82, 2.24) is 14.8 Å². The molecule has 5 nitrogen and oxygen atoms in total. The van der Waals surface area contributed by atoms with Crippen LogP contribution in [0.4, 0.5) is 5.82 Å². The molecule has 1 fully saturated rings. The second-order valence-corrected chi connectivity index (χ2v) is 6.18. The number of piperidine rings is 1. The molecule has 0 unspecified atom stereocenters. The van der Waals surface area contributed by atoms with Gasteiger partial charge in [0.05, 0.1) is 0 Å². The van der Waals surface area contributed by atoms with E-state index in [2.05, 4.69) is 36.1 Å². The highest BCUT2D eigenvalue weighted by molar-refractivity contribution is 5.94. The molecule has 0 aromatic carbocycles. The van der Waals surface area contributed by atoms with Crippen molar-refractivity contribution in [2.24, 2.45) is 0 Å². The fourth-order valence-electron chi connectivity index (χ4n) is 2.69. The third-order valence-electron chi connectivity index (χ3n) is 4.00. The molecule has 1 aromatic rings. The zero-order valence-electron chi connectivity index (χ0n) is 13.5. The first-order valence-electron chi connectivity index (χ1n) is 7.65. The lowest BCUT2D eigenvalue weighted by Gasteiger charge is -2.35.